The standard InChI is InChI=1S/C24H29ClFN5/c1-18-22(17-27-11-12-30-15-13-29(2)14-16-30)24(21-5-3-4-6-23(21)25)28-31(18)20-9-7-19(26)8-10-20/h3-10,27H,11-17H2,1-2H3. The van der Waals surface area contributed by atoms with Crippen LogP contribution < -0.4 is 5.32 Å². The molecule has 1 aliphatic rings. The van der Waals surface area contributed by atoms with Gasteiger partial charge in [-0.25, -0.2) is 9.07 Å². The summed E-state index contributed by atoms with van der Waals surface area (Å²) in [6.45, 7) is 9.17. The highest BCUT2D eigenvalue weighted by Crippen LogP contribution is 2.32. The number of likely N-dealkylation sites (N-methyl/N-ethyl adjacent to an activating group) is 1. The zero-order valence-electron chi connectivity index (χ0n) is 18.1. The van der Waals surface area contributed by atoms with Crippen LogP contribution in [-0.4, -0.2) is 65.9 Å². The van der Waals surface area contributed by atoms with Gasteiger partial charge in [0, 0.05) is 62.6 Å². The van der Waals surface area contributed by atoms with E-state index in [4.69, 9.17) is 16.7 Å². The summed E-state index contributed by atoms with van der Waals surface area (Å²) < 4.78 is 15.3. The van der Waals surface area contributed by atoms with Gasteiger partial charge in [0.15, 0.2) is 0 Å². The molecule has 0 spiro atoms. The monoisotopic (exact) mass is 441 g/mol. The van der Waals surface area contributed by atoms with E-state index in [1.54, 1.807) is 12.1 Å². The Labute approximate surface area is 188 Å². The summed E-state index contributed by atoms with van der Waals surface area (Å²) in [6, 6.07) is 14.2. The average Bonchev–Trinajstić information content (AvgIpc) is 3.09. The molecule has 7 heteroatoms. The van der Waals surface area contributed by atoms with Gasteiger partial charge in [0.1, 0.15) is 5.82 Å². The van der Waals surface area contributed by atoms with E-state index in [9.17, 15) is 4.39 Å². The normalized spacial score (nSPS) is 15.5. The van der Waals surface area contributed by atoms with Crippen LogP contribution in [0.4, 0.5) is 4.39 Å². The number of nitrogens with one attached hydrogen (secondary N) is 1. The lowest BCUT2D eigenvalue weighted by Crippen LogP contribution is -2.46. The molecule has 1 N–H and O–H groups in total. The van der Waals surface area contributed by atoms with Crippen LogP contribution in [0.2, 0.25) is 5.02 Å². The molecule has 31 heavy (non-hydrogen) atoms. The Balaban J connectivity index is 1.55. The minimum atomic E-state index is -0.259. The maximum Gasteiger partial charge on any atom is 0.123 e. The molecule has 1 aliphatic heterocycles. The SMILES string of the molecule is Cc1c(CNCCN2CCN(C)CC2)c(-c2ccccc2Cl)nn1-c1ccc(F)cc1. The maximum atomic E-state index is 13.4. The minimum Gasteiger partial charge on any atom is -0.311 e. The second kappa shape index (κ2) is 9.92. The van der Waals surface area contributed by atoms with E-state index in [0.29, 0.717) is 11.6 Å². The number of hydrogen-bond acceptors (Lipinski definition) is 4. The van der Waals surface area contributed by atoms with Gasteiger partial charge in [-0.2, -0.15) is 5.10 Å². The van der Waals surface area contributed by atoms with E-state index in [1.807, 2.05) is 35.9 Å². The van der Waals surface area contributed by atoms with E-state index < -0.39 is 0 Å². The van der Waals surface area contributed by atoms with Crippen molar-refractivity contribution in [2.45, 2.75) is 13.5 Å². The molecule has 0 amide bonds. The quantitative estimate of drug-likeness (QED) is 0.563. The summed E-state index contributed by atoms with van der Waals surface area (Å²) >= 11 is 6.50. The molecule has 1 fully saturated rings. The van der Waals surface area contributed by atoms with Gasteiger partial charge in [0.25, 0.3) is 0 Å². The zero-order valence-corrected chi connectivity index (χ0v) is 18.9. The number of rotatable bonds is 7. The number of piperazine rings is 1. The van der Waals surface area contributed by atoms with Crippen LogP contribution in [0.3, 0.4) is 0 Å². The van der Waals surface area contributed by atoms with Crippen LogP contribution >= 0.6 is 11.6 Å². The number of nitrogens with zero attached hydrogens (tertiary/aromatic N) is 4. The summed E-state index contributed by atoms with van der Waals surface area (Å²) in [7, 11) is 2.17. The van der Waals surface area contributed by atoms with Gasteiger partial charge in [-0.05, 0) is 44.3 Å². The highest BCUT2D eigenvalue weighted by Gasteiger charge is 2.19. The molecule has 0 unspecified atom stereocenters. The summed E-state index contributed by atoms with van der Waals surface area (Å²) in [4.78, 5) is 4.86. The molecule has 2 heterocycles. The van der Waals surface area contributed by atoms with Crippen LogP contribution in [0.1, 0.15) is 11.3 Å². The summed E-state index contributed by atoms with van der Waals surface area (Å²) in [5, 5.41) is 9.14. The Morgan fingerprint density at radius 1 is 1.03 bits per heavy atom. The van der Waals surface area contributed by atoms with Crippen LogP contribution in [0, 0.1) is 12.7 Å². The van der Waals surface area contributed by atoms with E-state index >= 15 is 0 Å². The second-order valence-corrected chi connectivity index (χ2v) is 8.51. The van der Waals surface area contributed by atoms with Crippen molar-refractivity contribution < 1.29 is 4.39 Å². The van der Waals surface area contributed by atoms with Gasteiger partial charge in [-0.1, -0.05) is 29.8 Å². The van der Waals surface area contributed by atoms with Crippen LogP contribution in [0.25, 0.3) is 16.9 Å². The van der Waals surface area contributed by atoms with Crippen molar-refractivity contribution in [1.82, 2.24) is 24.9 Å². The van der Waals surface area contributed by atoms with Gasteiger partial charge in [0.05, 0.1) is 16.4 Å². The minimum absolute atomic E-state index is 0.259. The Kier molecular flexibility index (Phi) is 7.02. The van der Waals surface area contributed by atoms with Gasteiger partial charge in [-0.3, -0.25) is 4.90 Å². The first-order valence-corrected chi connectivity index (χ1v) is 11.1. The fourth-order valence-corrected chi connectivity index (χ4v) is 4.20. The van der Waals surface area contributed by atoms with Crippen LogP contribution in [-0.2, 0) is 6.54 Å². The van der Waals surface area contributed by atoms with Crippen molar-refractivity contribution in [2.24, 2.45) is 0 Å². The first kappa shape index (κ1) is 22.0. The van der Waals surface area contributed by atoms with Crippen molar-refractivity contribution >= 4 is 11.6 Å². The van der Waals surface area contributed by atoms with E-state index in [0.717, 1.165) is 67.5 Å². The Bertz CT molecular complexity index is 1010. The van der Waals surface area contributed by atoms with Crippen molar-refractivity contribution in [2.75, 3.05) is 46.3 Å². The fraction of sp³-hybridized carbons (Fsp3) is 0.375. The summed E-state index contributed by atoms with van der Waals surface area (Å²) in [5.41, 5.74) is 4.73. The first-order chi connectivity index (χ1) is 15.0. The van der Waals surface area contributed by atoms with Crippen LogP contribution in [0.5, 0.6) is 0 Å². The molecule has 5 nitrogen and oxygen atoms in total. The third kappa shape index (κ3) is 5.15. The summed E-state index contributed by atoms with van der Waals surface area (Å²) in [5.74, 6) is -0.259. The van der Waals surface area contributed by atoms with Crippen LogP contribution in [0.15, 0.2) is 48.5 Å². The second-order valence-electron chi connectivity index (χ2n) is 8.10. The third-order valence-electron chi connectivity index (χ3n) is 5.94. The molecule has 2 aromatic carbocycles. The van der Waals surface area contributed by atoms with E-state index in [2.05, 4.69) is 22.2 Å². The topological polar surface area (TPSA) is 36.3 Å². The average molecular weight is 442 g/mol. The Hall–Kier alpha value is -2.25. The van der Waals surface area contributed by atoms with E-state index in [-0.39, 0.29) is 5.82 Å². The van der Waals surface area contributed by atoms with Crippen molar-refractivity contribution in [3.63, 3.8) is 0 Å². The largest absolute Gasteiger partial charge is 0.311 e. The molecule has 3 aromatic rings. The predicted molar refractivity (Wildman–Crippen MR) is 124 cm³/mol. The predicted octanol–water partition coefficient (Wildman–Crippen LogP) is 3.98. The number of hydrogen-bond donors (Lipinski definition) is 1. The molecule has 0 atom stereocenters. The molecule has 0 bridgehead atoms. The molecular weight excluding hydrogens is 413 g/mol. The number of aromatic nitrogens is 2. The van der Waals surface area contributed by atoms with Crippen molar-refractivity contribution in [3.8, 4) is 16.9 Å². The first-order valence-electron chi connectivity index (χ1n) is 10.7. The molecule has 4 rings (SSSR count). The molecule has 164 valence electrons. The lowest BCUT2D eigenvalue weighted by atomic mass is 10.1. The Morgan fingerprint density at radius 3 is 2.45 bits per heavy atom. The maximum absolute atomic E-state index is 13.4. The molecule has 0 saturated carbocycles. The molecular formula is C24H29ClFN5. The van der Waals surface area contributed by atoms with Gasteiger partial charge >= 0.3 is 0 Å². The highest BCUT2D eigenvalue weighted by atomic mass is 35.5. The fourth-order valence-electron chi connectivity index (χ4n) is 3.97. The lowest BCUT2D eigenvalue weighted by Gasteiger charge is -2.32. The van der Waals surface area contributed by atoms with E-state index in [1.165, 1.54) is 12.1 Å². The molecule has 1 aromatic heterocycles. The van der Waals surface area contributed by atoms with Gasteiger partial charge < -0.3 is 10.2 Å². The molecule has 0 radical (unpaired) electrons. The zero-order chi connectivity index (χ0) is 21.8. The number of benzene rings is 2. The molecule has 0 aliphatic carbocycles. The third-order valence-corrected chi connectivity index (χ3v) is 6.27. The van der Waals surface area contributed by atoms with Crippen molar-refractivity contribution in [1.29, 1.82) is 0 Å². The smallest absolute Gasteiger partial charge is 0.123 e. The van der Waals surface area contributed by atoms with Gasteiger partial charge in [-0.15, -0.1) is 0 Å². The Morgan fingerprint density at radius 2 is 1.74 bits per heavy atom. The summed E-state index contributed by atoms with van der Waals surface area (Å²) in [6.07, 6.45) is 0. The lowest BCUT2D eigenvalue weighted by molar-refractivity contribution is 0.154. The highest BCUT2D eigenvalue weighted by molar-refractivity contribution is 6.33. The van der Waals surface area contributed by atoms with Crippen molar-refractivity contribution in [3.05, 3.63) is 70.6 Å². The number of halogens is 2. The molecule has 1 saturated heterocycles. The van der Waals surface area contributed by atoms with Gasteiger partial charge in [0.2, 0.25) is 0 Å².